The van der Waals surface area contributed by atoms with E-state index < -0.39 is 5.97 Å². The van der Waals surface area contributed by atoms with E-state index in [1.165, 1.54) is 0 Å². The second-order valence-corrected chi connectivity index (χ2v) is 3.23. The molecule has 3 nitrogen and oxygen atoms in total. The fourth-order valence-corrected chi connectivity index (χ4v) is 1.34. The molecule has 0 atom stereocenters. The van der Waals surface area contributed by atoms with Crippen molar-refractivity contribution in [2.75, 3.05) is 18.0 Å². The van der Waals surface area contributed by atoms with Crippen molar-refractivity contribution < 1.29 is 9.90 Å². The molecule has 16 heavy (non-hydrogen) atoms. The maximum atomic E-state index is 10.7. The lowest BCUT2D eigenvalue weighted by molar-refractivity contribution is 0.0697. The zero-order chi connectivity index (χ0) is 12.0. The largest absolute Gasteiger partial charge is 0.478 e. The molecule has 0 fully saturated rings. The molecule has 0 aliphatic carbocycles. The van der Waals surface area contributed by atoms with Crippen LogP contribution in [0.1, 0.15) is 10.4 Å². The Kier molecular flexibility index (Phi) is 4.16. The molecule has 0 aliphatic heterocycles. The van der Waals surface area contributed by atoms with Gasteiger partial charge in [0.2, 0.25) is 0 Å². The highest BCUT2D eigenvalue weighted by molar-refractivity contribution is 5.88. The van der Waals surface area contributed by atoms with E-state index in [2.05, 4.69) is 12.5 Å². The molecular weight excluding hydrogens is 202 g/mol. The minimum Gasteiger partial charge on any atom is -0.478 e. The van der Waals surface area contributed by atoms with E-state index in [4.69, 9.17) is 11.5 Å². The van der Waals surface area contributed by atoms with Gasteiger partial charge in [-0.2, -0.15) is 0 Å². The summed E-state index contributed by atoms with van der Waals surface area (Å²) in [6, 6.07) is 6.60. The first-order valence-electron chi connectivity index (χ1n) is 4.81. The van der Waals surface area contributed by atoms with Crippen LogP contribution in [0, 0.1) is 12.3 Å². The third kappa shape index (κ3) is 2.89. The summed E-state index contributed by atoms with van der Waals surface area (Å²) in [6.45, 7) is 4.76. The minimum atomic E-state index is -0.932. The number of hydrogen-bond acceptors (Lipinski definition) is 2. The molecule has 0 saturated heterocycles. The Labute approximate surface area is 95.0 Å². The number of benzene rings is 1. The summed E-state index contributed by atoms with van der Waals surface area (Å²) < 4.78 is 0. The first-order chi connectivity index (χ1) is 7.69. The normalized spacial score (nSPS) is 9.19. The van der Waals surface area contributed by atoms with E-state index in [1.807, 2.05) is 4.90 Å². The van der Waals surface area contributed by atoms with Gasteiger partial charge in [0.25, 0.3) is 0 Å². The Morgan fingerprint density at radius 2 is 2.12 bits per heavy atom. The summed E-state index contributed by atoms with van der Waals surface area (Å²) in [4.78, 5) is 12.6. The summed E-state index contributed by atoms with van der Waals surface area (Å²) in [5.41, 5.74) is 1.16. The molecule has 0 amide bonds. The Morgan fingerprint density at radius 3 is 2.56 bits per heavy atom. The number of rotatable bonds is 5. The van der Waals surface area contributed by atoms with Crippen molar-refractivity contribution >= 4 is 11.7 Å². The van der Waals surface area contributed by atoms with Crippen LogP contribution < -0.4 is 4.90 Å². The highest BCUT2D eigenvalue weighted by atomic mass is 16.4. The predicted molar refractivity (Wildman–Crippen MR) is 64.6 cm³/mol. The third-order valence-electron chi connectivity index (χ3n) is 2.11. The maximum Gasteiger partial charge on any atom is 0.335 e. The van der Waals surface area contributed by atoms with Crippen LogP contribution in [0.3, 0.4) is 0 Å². The molecule has 0 radical (unpaired) electrons. The first-order valence-corrected chi connectivity index (χ1v) is 4.81. The van der Waals surface area contributed by atoms with Gasteiger partial charge in [-0.3, -0.25) is 0 Å². The standard InChI is InChI=1S/C13H13NO2/c1-3-9-14(10-4-2)12-7-5-11(6-8-12)13(15)16/h1,4-8H,2,9-10H2,(H,15,16). The third-order valence-corrected chi connectivity index (χ3v) is 2.11. The predicted octanol–water partition coefficient (Wildman–Crippen LogP) is 2.01. The van der Waals surface area contributed by atoms with Gasteiger partial charge >= 0.3 is 5.97 Å². The van der Waals surface area contributed by atoms with Crippen LogP contribution in [0.2, 0.25) is 0 Å². The average molecular weight is 215 g/mol. The van der Waals surface area contributed by atoms with Crippen LogP contribution in [0.25, 0.3) is 0 Å². The van der Waals surface area contributed by atoms with Gasteiger partial charge in [-0.1, -0.05) is 12.0 Å². The van der Waals surface area contributed by atoms with Crippen molar-refractivity contribution in [3.8, 4) is 12.3 Å². The Balaban J connectivity index is 2.89. The molecule has 82 valence electrons. The van der Waals surface area contributed by atoms with E-state index in [0.29, 0.717) is 13.1 Å². The first kappa shape index (κ1) is 11.9. The summed E-state index contributed by atoms with van der Waals surface area (Å²) in [6.07, 6.45) is 7.01. The Bertz CT molecular complexity index is 415. The molecular formula is C13H13NO2. The molecule has 3 heteroatoms. The van der Waals surface area contributed by atoms with Gasteiger partial charge in [-0.25, -0.2) is 4.79 Å². The van der Waals surface area contributed by atoms with Crippen LogP contribution in [0.5, 0.6) is 0 Å². The van der Waals surface area contributed by atoms with Crippen molar-refractivity contribution in [1.29, 1.82) is 0 Å². The zero-order valence-electron chi connectivity index (χ0n) is 8.89. The molecule has 0 saturated carbocycles. The molecule has 0 bridgehead atoms. The molecule has 1 N–H and O–H groups in total. The van der Waals surface area contributed by atoms with Gasteiger partial charge in [0.05, 0.1) is 12.1 Å². The van der Waals surface area contributed by atoms with Gasteiger partial charge in [0.15, 0.2) is 0 Å². The fraction of sp³-hybridized carbons (Fsp3) is 0.154. The quantitative estimate of drug-likeness (QED) is 0.603. The van der Waals surface area contributed by atoms with Gasteiger partial charge in [-0.05, 0) is 24.3 Å². The summed E-state index contributed by atoms with van der Waals surface area (Å²) in [7, 11) is 0. The molecule has 0 aliphatic rings. The van der Waals surface area contributed by atoms with E-state index in [1.54, 1.807) is 30.3 Å². The van der Waals surface area contributed by atoms with Crippen molar-refractivity contribution in [3.63, 3.8) is 0 Å². The highest BCUT2D eigenvalue weighted by Gasteiger charge is 2.05. The SMILES string of the molecule is C#CCN(CC=C)c1ccc(C(=O)O)cc1. The Morgan fingerprint density at radius 1 is 1.50 bits per heavy atom. The molecule has 1 aromatic carbocycles. The van der Waals surface area contributed by atoms with Gasteiger partial charge in [0, 0.05) is 12.2 Å². The van der Waals surface area contributed by atoms with Crippen molar-refractivity contribution in [1.82, 2.24) is 0 Å². The smallest absolute Gasteiger partial charge is 0.335 e. The van der Waals surface area contributed by atoms with Crippen molar-refractivity contribution in [2.45, 2.75) is 0 Å². The molecule has 1 rings (SSSR count). The number of nitrogens with zero attached hydrogens (tertiary/aromatic N) is 1. The number of carboxylic acid groups (broad SMARTS) is 1. The highest BCUT2D eigenvalue weighted by Crippen LogP contribution is 2.14. The van der Waals surface area contributed by atoms with E-state index in [-0.39, 0.29) is 5.56 Å². The minimum absolute atomic E-state index is 0.267. The van der Waals surface area contributed by atoms with E-state index in [0.717, 1.165) is 5.69 Å². The summed E-state index contributed by atoms with van der Waals surface area (Å²) in [5, 5.41) is 8.76. The van der Waals surface area contributed by atoms with Gasteiger partial charge in [-0.15, -0.1) is 13.0 Å². The molecule has 0 spiro atoms. The summed E-state index contributed by atoms with van der Waals surface area (Å²) in [5.74, 6) is 1.62. The second-order valence-electron chi connectivity index (χ2n) is 3.23. The molecule has 0 aromatic heterocycles. The molecule has 0 heterocycles. The van der Waals surface area contributed by atoms with Crippen LogP contribution >= 0.6 is 0 Å². The number of hydrogen-bond donors (Lipinski definition) is 1. The van der Waals surface area contributed by atoms with Crippen molar-refractivity contribution in [2.24, 2.45) is 0 Å². The van der Waals surface area contributed by atoms with Gasteiger partial charge < -0.3 is 10.0 Å². The lowest BCUT2D eigenvalue weighted by atomic mass is 10.2. The number of terminal acetylenes is 1. The van der Waals surface area contributed by atoms with Crippen LogP contribution in [0.4, 0.5) is 5.69 Å². The fourth-order valence-electron chi connectivity index (χ4n) is 1.34. The zero-order valence-corrected chi connectivity index (χ0v) is 8.89. The second kappa shape index (κ2) is 5.62. The topological polar surface area (TPSA) is 40.5 Å². The van der Waals surface area contributed by atoms with Crippen LogP contribution in [-0.2, 0) is 0 Å². The molecule has 1 aromatic rings. The lowest BCUT2D eigenvalue weighted by Gasteiger charge is -2.20. The van der Waals surface area contributed by atoms with Crippen LogP contribution in [-0.4, -0.2) is 24.2 Å². The average Bonchev–Trinajstić information content (AvgIpc) is 2.29. The van der Waals surface area contributed by atoms with Gasteiger partial charge in [0.1, 0.15) is 0 Å². The summed E-state index contributed by atoms with van der Waals surface area (Å²) >= 11 is 0. The molecule has 0 unspecified atom stereocenters. The number of carboxylic acids is 1. The number of anilines is 1. The van der Waals surface area contributed by atoms with Crippen LogP contribution in [0.15, 0.2) is 36.9 Å². The van der Waals surface area contributed by atoms with Crippen molar-refractivity contribution in [3.05, 3.63) is 42.5 Å². The number of aromatic carboxylic acids is 1. The van der Waals surface area contributed by atoms with E-state index >= 15 is 0 Å². The monoisotopic (exact) mass is 215 g/mol. The maximum absolute atomic E-state index is 10.7. The Hall–Kier alpha value is -2.21. The number of carbonyl (C=O) groups is 1. The van der Waals surface area contributed by atoms with E-state index in [9.17, 15) is 4.79 Å². The lowest BCUT2D eigenvalue weighted by Crippen LogP contribution is -2.23.